The number of nitrogens with zero attached hydrogens (tertiary/aromatic N) is 4. The summed E-state index contributed by atoms with van der Waals surface area (Å²) in [5, 5.41) is 12.0. The zero-order valence-corrected chi connectivity index (χ0v) is 13.0. The monoisotopic (exact) mass is 312 g/mol. The van der Waals surface area contributed by atoms with Crippen LogP contribution in [0.2, 0.25) is 0 Å². The Labute approximate surface area is 129 Å². The first-order chi connectivity index (χ1) is 9.74. The van der Waals surface area contributed by atoms with Crippen molar-refractivity contribution in [1.82, 2.24) is 20.2 Å². The molecule has 2 rings (SSSR count). The number of alkyl halides is 2. The maximum absolute atomic E-state index is 6.16. The molecular formula is C14H18Cl2N4. The molecule has 1 aromatic heterocycles. The molecule has 1 aromatic carbocycles. The van der Waals surface area contributed by atoms with Crippen LogP contribution in [0.1, 0.15) is 25.6 Å². The third kappa shape index (κ3) is 3.30. The summed E-state index contributed by atoms with van der Waals surface area (Å²) in [7, 11) is 0. The lowest BCUT2D eigenvalue weighted by Crippen LogP contribution is -2.29. The molecule has 0 unspecified atom stereocenters. The van der Waals surface area contributed by atoms with Gasteiger partial charge in [-0.15, -0.1) is 28.3 Å². The quantitative estimate of drug-likeness (QED) is 0.735. The van der Waals surface area contributed by atoms with E-state index in [4.69, 9.17) is 23.2 Å². The third-order valence-electron chi connectivity index (χ3n) is 3.42. The zero-order chi connectivity index (χ0) is 14.4. The van der Waals surface area contributed by atoms with E-state index in [-0.39, 0.29) is 5.41 Å². The Kier molecular flexibility index (Phi) is 5.38. The predicted octanol–water partition coefficient (Wildman–Crippen LogP) is 3.47. The molecule has 0 atom stereocenters. The van der Waals surface area contributed by atoms with Gasteiger partial charge in [-0.2, -0.15) is 4.68 Å². The fourth-order valence-electron chi connectivity index (χ4n) is 2.30. The molecule has 0 aliphatic carbocycles. The molecule has 0 fully saturated rings. The van der Waals surface area contributed by atoms with Crippen molar-refractivity contribution in [2.75, 3.05) is 11.8 Å². The molecule has 2 aromatic rings. The number of hydrogen-bond acceptors (Lipinski definition) is 3. The Morgan fingerprint density at radius 3 is 2.45 bits per heavy atom. The standard InChI is InChI=1S/C14H18Cl2N4/c1-2-8-14(10-15,11-16)9-13-17-18-19-20(13)12-6-4-3-5-7-12/h3-7H,2,8-11H2,1H3. The Balaban J connectivity index is 2.28. The first kappa shape index (κ1) is 15.3. The zero-order valence-electron chi connectivity index (χ0n) is 11.5. The molecule has 1 heterocycles. The largest absolute Gasteiger partial charge is 0.197 e. The van der Waals surface area contributed by atoms with E-state index in [1.165, 1.54) is 0 Å². The topological polar surface area (TPSA) is 43.6 Å². The van der Waals surface area contributed by atoms with Crippen molar-refractivity contribution in [2.24, 2.45) is 5.41 Å². The third-order valence-corrected chi connectivity index (χ3v) is 4.55. The summed E-state index contributed by atoms with van der Waals surface area (Å²) in [6, 6.07) is 9.84. The number of para-hydroxylation sites is 1. The van der Waals surface area contributed by atoms with Crippen molar-refractivity contribution in [2.45, 2.75) is 26.2 Å². The van der Waals surface area contributed by atoms with Gasteiger partial charge in [0.15, 0.2) is 5.82 Å². The van der Waals surface area contributed by atoms with Gasteiger partial charge in [0, 0.05) is 23.6 Å². The minimum atomic E-state index is -0.154. The number of tetrazole rings is 1. The van der Waals surface area contributed by atoms with Crippen LogP contribution in [0.4, 0.5) is 0 Å². The molecular weight excluding hydrogens is 295 g/mol. The van der Waals surface area contributed by atoms with Crippen molar-refractivity contribution < 1.29 is 0 Å². The second-order valence-corrected chi connectivity index (χ2v) is 5.57. The van der Waals surface area contributed by atoms with E-state index in [1.54, 1.807) is 4.68 Å². The van der Waals surface area contributed by atoms with E-state index in [0.717, 1.165) is 24.4 Å². The van der Waals surface area contributed by atoms with Gasteiger partial charge in [-0.3, -0.25) is 0 Å². The number of rotatable bonds is 7. The van der Waals surface area contributed by atoms with Gasteiger partial charge >= 0.3 is 0 Å². The summed E-state index contributed by atoms with van der Waals surface area (Å²) in [4.78, 5) is 0. The molecule has 4 nitrogen and oxygen atoms in total. The van der Waals surface area contributed by atoms with Crippen LogP contribution in [0.3, 0.4) is 0 Å². The smallest absolute Gasteiger partial charge is 0.157 e. The van der Waals surface area contributed by atoms with Gasteiger partial charge < -0.3 is 0 Å². The van der Waals surface area contributed by atoms with Crippen LogP contribution in [0.25, 0.3) is 5.69 Å². The van der Waals surface area contributed by atoms with Crippen LogP contribution in [-0.4, -0.2) is 32.0 Å². The lowest BCUT2D eigenvalue weighted by molar-refractivity contribution is 0.331. The van der Waals surface area contributed by atoms with Crippen LogP contribution in [0, 0.1) is 5.41 Å². The van der Waals surface area contributed by atoms with Crippen molar-refractivity contribution >= 4 is 23.2 Å². The highest BCUT2D eigenvalue weighted by Crippen LogP contribution is 2.31. The fourth-order valence-corrected chi connectivity index (χ4v) is 3.05. The molecule has 108 valence electrons. The molecule has 0 bridgehead atoms. The Hall–Kier alpha value is -1.13. The van der Waals surface area contributed by atoms with Gasteiger partial charge in [-0.25, -0.2) is 0 Å². The minimum absolute atomic E-state index is 0.154. The van der Waals surface area contributed by atoms with Crippen molar-refractivity contribution in [3.05, 3.63) is 36.2 Å². The molecule has 20 heavy (non-hydrogen) atoms. The van der Waals surface area contributed by atoms with E-state index < -0.39 is 0 Å². The number of aromatic nitrogens is 4. The van der Waals surface area contributed by atoms with E-state index in [9.17, 15) is 0 Å². The van der Waals surface area contributed by atoms with Crippen LogP contribution < -0.4 is 0 Å². The van der Waals surface area contributed by atoms with Crippen LogP contribution >= 0.6 is 23.2 Å². The van der Waals surface area contributed by atoms with Gasteiger partial charge in [0.1, 0.15) is 0 Å². The van der Waals surface area contributed by atoms with Crippen LogP contribution in [0.15, 0.2) is 30.3 Å². The SMILES string of the molecule is CCCC(CCl)(CCl)Cc1nnnn1-c1ccccc1. The summed E-state index contributed by atoms with van der Waals surface area (Å²) < 4.78 is 1.75. The maximum atomic E-state index is 6.16. The summed E-state index contributed by atoms with van der Waals surface area (Å²) in [5.41, 5.74) is 0.793. The normalized spacial score (nSPS) is 11.8. The molecule has 0 aliphatic heterocycles. The lowest BCUT2D eigenvalue weighted by atomic mass is 9.84. The lowest BCUT2D eigenvalue weighted by Gasteiger charge is -2.28. The van der Waals surface area contributed by atoms with Gasteiger partial charge in [-0.1, -0.05) is 31.5 Å². The van der Waals surface area contributed by atoms with Gasteiger partial charge in [-0.05, 0) is 29.0 Å². The highest BCUT2D eigenvalue weighted by molar-refractivity contribution is 6.21. The molecule has 0 saturated carbocycles. The van der Waals surface area contributed by atoms with Gasteiger partial charge in [0.25, 0.3) is 0 Å². The van der Waals surface area contributed by atoms with Gasteiger partial charge in [0.05, 0.1) is 5.69 Å². The fraction of sp³-hybridized carbons (Fsp3) is 0.500. The first-order valence-electron chi connectivity index (χ1n) is 6.69. The average molecular weight is 313 g/mol. The van der Waals surface area contributed by atoms with Crippen molar-refractivity contribution in [3.8, 4) is 5.69 Å². The molecule has 0 aliphatic rings. The molecule has 0 radical (unpaired) electrons. The summed E-state index contributed by atoms with van der Waals surface area (Å²) in [6.07, 6.45) is 2.67. The highest BCUT2D eigenvalue weighted by Gasteiger charge is 2.30. The molecule has 0 spiro atoms. The van der Waals surface area contributed by atoms with Crippen LogP contribution in [-0.2, 0) is 6.42 Å². The molecule has 0 amide bonds. The molecule has 6 heteroatoms. The highest BCUT2D eigenvalue weighted by atomic mass is 35.5. The van der Waals surface area contributed by atoms with Crippen molar-refractivity contribution in [1.29, 1.82) is 0 Å². The van der Waals surface area contributed by atoms with E-state index in [2.05, 4.69) is 22.4 Å². The predicted molar refractivity (Wildman–Crippen MR) is 81.6 cm³/mol. The Morgan fingerprint density at radius 1 is 1.15 bits per heavy atom. The van der Waals surface area contributed by atoms with Gasteiger partial charge in [0.2, 0.25) is 0 Å². The maximum Gasteiger partial charge on any atom is 0.157 e. The number of benzene rings is 1. The molecule has 0 N–H and O–H groups in total. The summed E-state index contributed by atoms with van der Waals surface area (Å²) in [6.45, 7) is 2.13. The number of hydrogen-bond donors (Lipinski definition) is 0. The number of halogens is 2. The van der Waals surface area contributed by atoms with Crippen LogP contribution in [0.5, 0.6) is 0 Å². The second kappa shape index (κ2) is 7.04. The second-order valence-electron chi connectivity index (χ2n) is 5.04. The summed E-state index contributed by atoms with van der Waals surface area (Å²) >= 11 is 12.3. The minimum Gasteiger partial charge on any atom is -0.197 e. The average Bonchev–Trinajstić information content (AvgIpc) is 2.95. The van der Waals surface area contributed by atoms with Crippen molar-refractivity contribution in [3.63, 3.8) is 0 Å². The van der Waals surface area contributed by atoms with E-state index in [1.807, 2.05) is 30.3 Å². The van der Waals surface area contributed by atoms with E-state index >= 15 is 0 Å². The summed E-state index contributed by atoms with van der Waals surface area (Å²) in [5.74, 6) is 1.81. The van der Waals surface area contributed by atoms with E-state index in [0.29, 0.717) is 18.2 Å². The molecule has 0 saturated heterocycles. The Bertz CT molecular complexity index is 523. The Morgan fingerprint density at radius 2 is 1.85 bits per heavy atom. The first-order valence-corrected chi connectivity index (χ1v) is 7.76.